The second-order valence-electron chi connectivity index (χ2n) is 4.22. The number of hydrogen-bond donors (Lipinski definition) is 2. The number of hydrogen-bond acceptors (Lipinski definition) is 2. The summed E-state index contributed by atoms with van der Waals surface area (Å²) in [4.78, 5) is 0. The minimum absolute atomic E-state index is 0.161. The Bertz CT molecular complexity index is 374. The zero-order valence-corrected chi connectivity index (χ0v) is 10.6. The van der Waals surface area contributed by atoms with Crippen molar-refractivity contribution in [2.24, 2.45) is 5.84 Å². The van der Waals surface area contributed by atoms with Gasteiger partial charge in [0.05, 0.1) is 0 Å². The van der Waals surface area contributed by atoms with Gasteiger partial charge >= 0.3 is 0 Å². The predicted molar refractivity (Wildman–Crippen MR) is 70.3 cm³/mol. The highest BCUT2D eigenvalue weighted by Gasteiger charge is 2.11. The lowest BCUT2D eigenvalue weighted by atomic mass is 9.97. The molecule has 0 fully saturated rings. The second-order valence-corrected chi connectivity index (χ2v) is 4.65. The Kier molecular flexibility index (Phi) is 5.00. The molecule has 0 amide bonds. The van der Waals surface area contributed by atoms with Crippen LogP contribution in [0.4, 0.5) is 0 Å². The summed E-state index contributed by atoms with van der Waals surface area (Å²) in [6.45, 7) is 7.98. The van der Waals surface area contributed by atoms with Crippen molar-refractivity contribution in [2.75, 3.05) is 0 Å². The summed E-state index contributed by atoms with van der Waals surface area (Å²) in [6.07, 6.45) is 1.92. The quantitative estimate of drug-likeness (QED) is 0.468. The molecule has 16 heavy (non-hydrogen) atoms. The first-order chi connectivity index (χ1) is 7.54. The molecule has 0 spiro atoms. The third-order valence-electron chi connectivity index (χ3n) is 2.67. The molecule has 0 saturated heterocycles. The second kappa shape index (κ2) is 6.04. The molecule has 0 aromatic heterocycles. The lowest BCUT2D eigenvalue weighted by Gasteiger charge is -2.18. The van der Waals surface area contributed by atoms with Crippen molar-refractivity contribution in [3.8, 4) is 0 Å². The van der Waals surface area contributed by atoms with Gasteiger partial charge in [0.1, 0.15) is 0 Å². The van der Waals surface area contributed by atoms with Gasteiger partial charge in [0.15, 0.2) is 0 Å². The highest BCUT2D eigenvalue weighted by Crippen LogP contribution is 2.25. The van der Waals surface area contributed by atoms with Gasteiger partial charge in [-0.1, -0.05) is 23.2 Å². The molecule has 3 heteroatoms. The number of nitrogens with two attached hydrogens (primary N) is 1. The van der Waals surface area contributed by atoms with Gasteiger partial charge in [-0.05, 0) is 49.9 Å². The first kappa shape index (κ1) is 13.2. The summed E-state index contributed by atoms with van der Waals surface area (Å²) in [7, 11) is 0. The molecule has 0 heterocycles. The Morgan fingerprint density at radius 3 is 2.75 bits per heavy atom. The van der Waals surface area contributed by atoms with E-state index in [1.807, 2.05) is 32.0 Å². The maximum Gasteiger partial charge on any atom is 0.0465 e. The van der Waals surface area contributed by atoms with Crippen molar-refractivity contribution in [1.29, 1.82) is 0 Å². The molecule has 1 aromatic rings. The molecule has 0 bridgehead atoms. The Hall–Kier alpha value is -0.830. The van der Waals surface area contributed by atoms with E-state index in [0.717, 1.165) is 23.4 Å². The van der Waals surface area contributed by atoms with Crippen molar-refractivity contribution in [3.05, 3.63) is 46.5 Å². The van der Waals surface area contributed by atoms with Crippen LogP contribution in [0.15, 0.2) is 30.4 Å². The Balaban J connectivity index is 2.82. The van der Waals surface area contributed by atoms with Gasteiger partial charge in [-0.25, -0.2) is 0 Å². The third kappa shape index (κ3) is 3.63. The van der Waals surface area contributed by atoms with E-state index in [9.17, 15) is 0 Å². The summed E-state index contributed by atoms with van der Waals surface area (Å²) >= 11 is 5.93. The fraction of sp³-hybridized carbons (Fsp3) is 0.385. The number of benzene rings is 1. The topological polar surface area (TPSA) is 38.0 Å². The average Bonchev–Trinajstić information content (AvgIpc) is 2.21. The molecule has 1 aromatic carbocycles. The molecule has 0 aliphatic rings. The van der Waals surface area contributed by atoms with Crippen LogP contribution in [0.1, 0.15) is 36.9 Å². The summed E-state index contributed by atoms with van der Waals surface area (Å²) in [5.74, 6) is 5.59. The molecular weight excluding hydrogens is 220 g/mol. The largest absolute Gasteiger partial charge is 0.271 e. The Morgan fingerprint density at radius 2 is 2.25 bits per heavy atom. The molecule has 0 aliphatic heterocycles. The molecule has 1 rings (SSSR count). The number of halogens is 1. The van der Waals surface area contributed by atoms with Crippen LogP contribution in [-0.4, -0.2) is 0 Å². The minimum Gasteiger partial charge on any atom is -0.271 e. The lowest BCUT2D eigenvalue weighted by Crippen LogP contribution is -2.28. The van der Waals surface area contributed by atoms with Gasteiger partial charge in [-0.2, -0.15) is 0 Å². The van der Waals surface area contributed by atoms with Crippen LogP contribution in [0.3, 0.4) is 0 Å². The van der Waals surface area contributed by atoms with Gasteiger partial charge in [-0.3, -0.25) is 11.3 Å². The zero-order chi connectivity index (χ0) is 12.1. The van der Waals surface area contributed by atoms with Crippen LogP contribution in [0.2, 0.25) is 5.02 Å². The number of aryl methyl sites for hydroxylation is 1. The van der Waals surface area contributed by atoms with Crippen molar-refractivity contribution in [2.45, 2.75) is 32.7 Å². The first-order valence-electron chi connectivity index (χ1n) is 5.41. The van der Waals surface area contributed by atoms with Crippen molar-refractivity contribution < 1.29 is 0 Å². The molecule has 1 atom stereocenters. The highest BCUT2D eigenvalue weighted by atomic mass is 35.5. The van der Waals surface area contributed by atoms with Crippen LogP contribution in [0, 0.1) is 6.92 Å². The molecule has 2 nitrogen and oxygen atoms in total. The van der Waals surface area contributed by atoms with Crippen LogP contribution in [-0.2, 0) is 0 Å². The Labute approximate surface area is 102 Å². The Morgan fingerprint density at radius 1 is 1.56 bits per heavy atom. The van der Waals surface area contributed by atoms with Crippen LogP contribution >= 0.6 is 11.6 Å². The van der Waals surface area contributed by atoms with E-state index in [0.29, 0.717) is 0 Å². The lowest BCUT2D eigenvalue weighted by molar-refractivity contribution is 0.513. The predicted octanol–water partition coefficient (Wildman–Crippen LogP) is 3.51. The van der Waals surface area contributed by atoms with E-state index >= 15 is 0 Å². The highest BCUT2D eigenvalue weighted by molar-refractivity contribution is 6.30. The van der Waals surface area contributed by atoms with Gasteiger partial charge < -0.3 is 0 Å². The van der Waals surface area contributed by atoms with E-state index in [1.165, 1.54) is 11.1 Å². The van der Waals surface area contributed by atoms with Crippen LogP contribution in [0.5, 0.6) is 0 Å². The molecule has 3 N–H and O–H groups in total. The van der Waals surface area contributed by atoms with E-state index in [-0.39, 0.29) is 6.04 Å². The van der Waals surface area contributed by atoms with E-state index < -0.39 is 0 Å². The molecular formula is C13H19ClN2. The van der Waals surface area contributed by atoms with Gasteiger partial charge in [0.2, 0.25) is 0 Å². The smallest absolute Gasteiger partial charge is 0.0465 e. The summed E-state index contributed by atoms with van der Waals surface area (Å²) in [6, 6.07) is 6.05. The summed E-state index contributed by atoms with van der Waals surface area (Å²) in [5.41, 5.74) is 6.39. The van der Waals surface area contributed by atoms with Crippen molar-refractivity contribution in [3.63, 3.8) is 0 Å². The normalized spacial score (nSPS) is 12.5. The fourth-order valence-electron chi connectivity index (χ4n) is 1.75. The molecule has 88 valence electrons. The minimum atomic E-state index is 0.161. The van der Waals surface area contributed by atoms with Gasteiger partial charge in [0, 0.05) is 11.1 Å². The van der Waals surface area contributed by atoms with E-state index in [2.05, 4.69) is 12.0 Å². The molecule has 1 unspecified atom stereocenters. The maximum atomic E-state index is 5.93. The maximum absolute atomic E-state index is 5.93. The van der Waals surface area contributed by atoms with Gasteiger partial charge in [-0.15, -0.1) is 6.58 Å². The number of hydrazine groups is 1. The SMILES string of the molecule is C=C(C)CCC(NN)c1ccc(Cl)cc1C. The average molecular weight is 239 g/mol. The van der Waals surface area contributed by atoms with E-state index in [4.69, 9.17) is 17.4 Å². The van der Waals surface area contributed by atoms with Crippen LogP contribution in [0.25, 0.3) is 0 Å². The molecule has 0 aliphatic carbocycles. The number of nitrogens with one attached hydrogen (secondary N) is 1. The van der Waals surface area contributed by atoms with Crippen LogP contribution < -0.4 is 11.3 Å². The monoisotopic (exact) mass is 238 g/mol. The number of rotatable bonds is 5. The molecule has 0 radical (unpaired) electrons. The van der Waals surface area contributed by atoms with Crippen molar-refractivity contribution in [1.82, 2.24) is 5.43 Å². The van der Waals surface area contributed by atoms with Gasteiger partial charge in [0.25, 0.3) is 0 Å². The van der Waals surface area contributed by atoms with E-state index in [1.54, 1.807) is 0 Å². The van der Waals surface area contributed by atoms with Crippen molar-refractivity contribution >= 4 is 11.6 Å². The first-order valence-corrected chi connectivity index (χ1v) is 5.79. The zero-order valence-electron chi connectivity index (χ0n) is 9.89. The summed E-state index contributed by atoms with van der Waals surface area (Å²) in [5, 5.41) is 0.761. The third-order valence-corrected chi connectivity index (χ3v) is 2.90. The molecule has 0 saturated carbocycles. The fourth-order valence-corrected chi connectivity index (χ4v) is 1.98. The summed E-state index contributed by atoms with van der Waals surface area (Å²) < 4.78 is 0. The number of allylic oxidation sites excluding steroid dienone is 1. The standard InChI is InChI=1S/C13H19ClN2/c1-9(2)4-7-13(16-15)12-6-5-11(14)8-10(12)3/h5-6,8,13,16H,1,4,7,15H2,2-3H3.